The molecular formula is C17H21NO2. The van der Waals surface area contributed by atoms with Crippen molar-refractivity contribution in [2.45, 2.75) is 19.9 Å². The van der Waals surface area contributed by atoms with E-state index in [2.05, 4.69) is 37.4 Å². The number of hydrogen-bond acceptors (Lipinski definition) is 3. The van der Waals surface area contributed by atoms with Crippen molar-refractivity contribution in [3.05, 3.63) is 59.2 Å². The lowest BCUT2D eigenvalue weighted by Gasteiger charge is -2.20. The van der Waals surface area contributed by atoms with Crippen molar-refractivity contribution in [1.29, 1.82) is 0 Å². The van der Waals surface area contributed by atoms with Crippen LogP contribution < -0.4 is 10.1 Å². The van der Waals surface area contributed by atoms with Crippen LogP contribution >= 0.6 is 0 Å². The summed E-state index contributed by atoms with van der Waals surface area (Å²) in [4.78, 5) is 0. The molecule has 0 fully saturated rings. The maximum Gasteiger partial charge on any atom is 0.119 e. The van der Waals surface area contributed by atoms with E-state index in [-0.39, 0.29) is 12.6 Å². The van der Waals surface area contributed by atoms with Crippen LogP contribution in [0.4, 0.5) is 5.69 Å². The molecule has 3 nitrogen and oxygen atoms in total. The molecule has 1 atom stereocenters. The van der Waals surface area contributed by atoms with E-state index in [0.717, 1.165) is 17.0 Å². The van der Waals surface area contributed by atoms with Gasteiger partial charge in [0, 0.05) is 5.69 Å². The average Bonchev–Trinajstić information content (AvgIpc) is 2.48. The average molecular weight is 271 g/mol. The van der Waals surface area contributed by atoms with Gasteiger partial charge in [-0.25, -0.2) is 0 Å². The van der Waals surface area contributed by atoms with Crippen LogP contribution in [0.2, 0.25) is 0 Å². The minimum absolute atomic E-state index is 0.0519. The highest BCUT2D eigenvalue weighted by molar-refractivity contribution is 5.49. The number of methoxy groups -OCH3 is 1. The van der Waals surface area contributed by atoms with Crippen molar-refractivity contribution < 1.29 is 9.84 Å². The van der Waals surface area contributed by atoms with Gasteiger partial charge in [0.15, 0.2) is 0 Å². The van der Waals surface area contributed by atoms with Crippen LogP contribution in [0.3, 0.4) is 0 Å². The fourth-order valence-electron chi connectivity index (χ4n) is 2.25. The number of hydrogen-bond donors (Lipinski definition) is 2. The van der Waals surface area contributed by atoms with Crippen molar-refractivity contribution in [3.8, 4) is 5.75 Å². The highest BCUT2D eigenvalue weighted by Crippen LogP contribution is 2.24. The number of aliphatic hydroxyl groups is 1. The number of aliphatic hydroxyl groups excluding tert-OH is 1. The fourth-order valence-corrected chi connectivity index (χ4v) is 2.25. The maximum absolute atomic E-state index is 9.67. The number of aryl methyl sites for hydroxylation is 2. The second kappa shape index (κ2) is 6.44. The molecule has 0 bridgehead atoms. The first kappa shape index (κ1) is 14.4. The van der Waals surface area contributed by atoms with Gasteiger partial charge in [-0.2, -0.15) is 0 Å². The van der Waals surface area contributed by atoms with Gasteiger partial charge in [-0.3, -0.25) is 0 Å². The first-order valence-electron chi connectivity index (χ1n) is 6.72. The minimum Gasteiger partial charge on any atom is -0.497 e. The van der Waals surface area contributed by atoms with Crippen LogP contribution in [0, 0.1) is 13.8 Å². The van der Waals surface area contributed by atoms with Crippen molar-refractivity contribution in [2.75, 3.05) is 19.0 Å². The zero-order valence-corrected chi connectivity index (χ0v) is 12.2. The molecule has 0 aliphatic heterocycles. The molecule has 2 rings (SSSR count). The molecule has 3 heteroatoms. The molecule has 0 aliphatic rings. The summed E-state index contributed by atoms with van der Waals surface area (Å²) in [5.74, 6) is 0.822. The topological polar surface area (TPSA) is 41.5 Å². The Balaban J connectivity index is 2.21. The molecule has 0 heterocycles. The molecule has 2 aromatic rings. The Morgan fingerprint density at radius 3 is 2.40 bits per heavy atom. The van der Waals surface area contributed by atoms with Crippen molar-refractivity contribution in [2.24, 2.45) is 0 Å². The third-order valence-electron chi connectivity index (χ3n) is 3.42. The predicted octanol–water partition coefficient (Wildman–Crippen LogP) is 3.46. The number of benzene rings is 2. The molecule has 2 N–H and O–H groups in total. The zero-order chi connectivity index (χ0) is 14.5. The Morgan fingerprint density at radius 2 is 1.80 bits per heavy atom. The van der Waals surface area contributed by atoms with Crippen molar-refractivity contribution >= 4 is 5.69 Å². The van der Waals surface area contributed by atoms with Crippen LogP contribution in [0.1, 0.15) is 22.7 Å². The van der Waals surface area contributed by atoms with Crippen LogP contribution in [-0.2, 0) is 0 Å². The van der Waals surface area contributed by atoms with E-state index in [0.29, 0.717) is 0 Å². The Morgan fingerprint density at radius 1 is 1.10 bits per heavy atom. The first-order chi connectivity index (χ1) is 9.63. The molecule has 1 unspecified atom stereocenters. The molecule has 0 aliphatic carbocycles. The molecule has 20 heavy (non-hydrogen) atoms. The molecule has 0 amide bonds. The van der Waals surface area contributed by atoms with Gasteiger partial charge in [-0.1, -0.05) is 23.8 Å². The predicted molar refractivity (Wildman–Crippen MR) is 82.4 cm³/mol. The van der Waals surface area contributed by atoms with E-state index in [1.165, 1.54) is 11.1 Å². The molecule has 2 aromatic carbocycles. The van der Waals surface area contributed by atoms with Gasteiger partial charge < -0.3 is 15.2 Å². The number of anilines is 1. The Hall–Kier alpha value is -2.00. The number of ether oxygens (including phenoxy) is 1. The summed E-state index contributed by atoms with van der Waals surface area (Å²) in [5, 5.41) is 13.0. The Kier molecular flexibility index (Phi) is 4.64. The highest BCUT2D eigenvalue weighted by atomic mass is 16.5. The third kappa shape index (κ3) is 3.31. The molecule has 0 spiro atoms. The van der Waals surface area contributed by atoms with E-state index >= 15 is 0 Å². The lowest BCUT2D eigenvalue weighted by Crippen LogP contribution is -2.16. The summed E-state index contributed by atoms with van der Waals surface area (Å²) in [7, 11) is 1.65. The summed E-state index contributed by atoms with van der Waals surface area (Å²) >= 11 is 0. The standard InChI is InChI=1S/C17H21NO2/c1-12-4-5-13(2)16(10-12)17(11-19)18-14-6-8-15(20-3)9-7-14/h4-10,17-19H,11H2,1-3H3. The fraction of sp³-hybridized carbons (Fsp3) is 0.294. The summed E-state index contributed by atoms with van der Waals surface area (Å²) in [5.41, 5.74) is 4.46. The SMILES string of the molecule is COc1ccc(NC(CO)c2cc(C)ccc2C)cc1. The summed E-state index contributed by atoms with van der Waals surface area (Å²) in [6.45, 7) is 4.17. The van der Waals surface area contributed by atoms with Crippen molar-refractivity contribution in [3.63, 3.8) is 0 Å². The summed E-state index contributed by atoms with van der Waals surface area (Å²) in [6, 6.07) is 13.9. The van der Waals surface area contributed by atoms with Crippen LogP contribution in [0.5, 0.6) is 5.75 Å². The summed E-state index contributed by atoms with van der Waals surface area (Å²) < 4.78 is 5.14. The van der Waals surface area contributed by atoms with E-state index in [9.17, 15) is 5.11 Å². The normalized spacial score (nSPS) is 12.0. The Bertz CT molecular complexity index is 564. The quantitative estimate of drug-likeness (QED) is 0.875. The van der Waals surface area contributed by atoms with Crippen LogP contribution in [-0.4, -0.2) is 18.8 Å². The second-order valence-corrected chi connectivity index (χ2v) is 4.97. The summed E-state index contributed by atoms with van der Waals surface area (Å²) in [6.07, 6.45) is 0. The van der Waals surface area contributed by atoms with Gasteiger partial charge in [-0.05, 0) is 49.2 Å². The van der Waals surface area contributed by atoms with E-state index in [4.69, 9.17) is 4.74 Å². The number of nitrogens with one attached hydrogen (secondary N) is 1. The highest BCUT2D eigenvalue weighted by Gasteiger charge is 2.13. The van der Waals surface area contributed by atoms with Gasteiger partial charge >= 0.3 is 0 Å². The number of rotatable bonds is 5. The second-order valence-electron chi connectivity index (χ2n) is 4.97. The smallest absolute Gasteiger partial charge is 0.119 e. The molecule has 0 saturated heterocycles. The monoisotopic (exact) mass is 271 g/mol. The van der Waals surface area contributed by atoms with Gasteiger partial charge in [0.25, 0.3) is 0 Å². The van der Waals surface area contributed by atoms with Gasteiger partial charge in [0.1, 0.15) is 5.75 Å². The lowest BCUT2D eigenvalue weighted by atomic mass is 9.99. The lowest BCUT2D eigenvalue weighted by molar-refractivity contribution is 0.276. The van der Waals surface area contributed by atoms with Crippen LogP contribution in [0.15, 0.2) is 42.5 Å². The molecule has 106 valence electrons. The minimum atomic E-state index is -0.108. The molecule has 0 saturated carbocycles. The van der Waals surface area contributed by atoms with Crippen molar-refractivity contribution in [1.82, 2.24) is 0 Å². The third-order valence-corrected chi connectivity index (χ3v) is 3.42. The largest absolute Gasteiger partial charge is 0.497 e. The van der Waals surface area contributed by atoms with Gasteiger partial charge in [0.05, 0.1) is 19.8 Å². The van der Waals surface area contributed by atoms with E-state index in [1.807, 2.05) is 24.3 Å². The van der Waals surface area contributed by atoms with Crippen LogP contribution in [0.25, 0.3) is 0 Å². The van der Waals surface area contributed by atoms with Gasteiger partial charge in [0.2, 0.25) is 0 Å². The molecule has 0 aromatic heterocycles. The molecular weight excluding hydrogens is 250 g/mol. The zero-order valence-electron chi connectivity index (χ0n) is 12.2. The first-order valence-corrected chi connectivity index (χ1v) is 6.72. The maximum atomic E-state index is 9.67. The molecule has 0 radical (unpaired) electrons. The van der Waals surface area contributed by atoms with Gasteiger partial charge in [-0.15, -0.1) is 0 Å². The van der Waals surface area contributed by atoms with E-state index < -0.39 is 0 Å². The van der Waals surface area contributed by atoms with E-state index in [1.54, 1.807) is 7.11 Å². The Labute approximate surface area is 120 Å².